The minimum atomic E-state index is -0.360. The molecule has 5 heteroatoms. The fraction of sp³-hybridized carbons (Fsp3) is 0.818. The highest BCUT2D eigenvalue weighted by Crippen LogP contribution is 2.23. The Bertz CT molecular complexity index is 304. The fourth-order valence-electron chi connectivity index (χ4n) is 2.42. The molecule has 0 aromatic heterocycles. The summed E-state index contributed by atoms with van der Waals surface area (Å²) in [7, 11) is 0. The molecule has 0 aromatic rings. The van der Waals surface area contributed by atoms with Gasteiger partial charge in [-0.15, -0.1) is 0 Å². The zero-order chi connectivity index (χ0) is 11.7. The van der Waals surface area contributed by atoms with Gasteiger partial charge >= 0.3 is 0 Å². The Labute approximate surface area is 94.8 Å². The van der Waals surface area contributed by atoms with Gasteiger partial charge in [-0.1, -0.05) is 0 Å². The van der Waals surface area contributed by atoms with E-state index in [4.69, 9.17) is 0 Å². The highest BCUT2D eigenvalue weighted by atomic mass is 16.3. The highest BCUT2D eigenvalue weighted by molar-refractivity contribution is 5.89. The van der Waals surface area contributed by atoms with Crippen molar-refractivity contribution in [3.63, 3.8) is 0 Å². The molecule has 3 atom stereocenters. The molecular formula is C11H18N2O3. The normalized spacial score (nSPS) is 31.6. The van der Waals surface area contributed by atoms with Crippen molar-refractivity contribution in [1.29, 1.82) is 0 Å². The number of aliphatic hydroxyl groups excluding tert-OH is 1. The van der Waals surface area contributed by atoms with E-state index in [0.717, 1.165) is 6.42 Å². The van der Waals surface area contributed by atoms with E-state index in [1.807, 2.05) is 0 Å². The molecule has 0 spiro atoms. The lowest BCUT2D eigenvalue weighted by Gasteiger charge is -2.20. The molecule has 2 aliphatic rings. The van der Waals surface area contributed by atoms with Crippen LogP contribution in [0.25, 0.3) is 0 Å². The number of nitrogens with zero attached hydrogens (tertiary/aromatic N) is 1. The molecule has 90 valence electrons. The van der Waals surface area contributed by atoms with Gasteiger partial charge in [-0.25, -0.2) is 0 Å². The van der Waals surface area contributed by atoms with Gasteiger partial charge in [0.05, 0.1) is 12.0 Å². The van der Waals surface area contributed by atoms with Gasteiger partial charge in [0.25, 0.3) is 0 Å². The molecule has 2 heterocycles. The molecular weight excluding hydrogens is 208 g/mol. The van der Waals surface area contributed by atoms with Crippen LogP contribution in [0, 0.1) is 11.8 Å². The number of aliphatic hydroxyl groups is 1. The topological polar surface area (TPSA) is 69.6 Å². The summed E-state index contributed by atoms with van der Waals surface area (Å²) >= 11 is 0. The molecule has 0 saturated carbocycles. The monoisotopic (exact) mass is 226 g/mol. The van der Waals surface area contributed by atoms with E-state index in [0.29, 0.717) is 26.1 Å². The average molecular weight is 226 g/mol. The summed E-state index contributed by atoms with van der Waals surface area (Å²) in [6.07, 6.45) is 0.813. The molecule has 0 radical (unpaired) electrons. The molecule has 2 saturated heterocycles. The van der Waals surface area contributed by atoms with Crippen molar-refractivity contribution in [1.82, 2.24) is 10.2 Å². The molecule has 2 N–H and O–H groups in total. The lowest BCUT2D eigenvalue weighted by molar-refractivity contribution is -0.135. The third kappa shape index (κ3) is 2.19. The maximum Gasteiger partial charge on any atom is 0.227 e. The molecule has 2 fully saturated rings. The van der Waals surface area contributed by atoms with E-state index in [-0.39, 0.29) is 29.8 Å². The quantitative estimate of drug-likeness (QED) is 0.657. The molecule has 16 heavy (non-hydrogen) atoms. The zero-order valence-electron chi connectivity index (χ0n) is 9.48. The van der Waals surface area contributed by atoms with Crippen LogP contribution in [0.1, 0.15) is 19.8 Å². The number of carbonyl (C=O) groups is 2. The van der Waals surface area contributed by atoms with Gasteiger partial charge in [0.15, 0.2) is 0 Å². The van der Waals surface area contributed by atoms with Gasteiger partial charge in [0, 0.05) is 32.0 Å². The number of nitrogens with one attached hydrogen (secondary N) is 1. The number of amides is 2. The average Bonchev–Trinajstić information content (AvgIpc) is 2.84. The second-order valence-corrected chi connectivity index (χ2v) is 4.78. The summed E-state index contributed by atoms with van der Waals surface area (Å²) in [6, 6.07) is 0. The predicted molar refractivity (Wildman–Crippen MR) is 57.5 cm³/mol. The van der Waals surface area contributed by atoms with Crippen LogP contribution in [-0.4, -0.2) is 47.6 Å². The van der Waals surface area contributed by atoms with Crippen LogP contribution in [-0.2, 0) is 9.59 Å². The van der Waals surface area contributed by atoms with Crippen LogP contribution in [0.4, 0.5) is 0 Å². The first kappa shape index (κ1) is 11.4. The summed E-state index contributed by atoms with van der Waals surface area (Å²) < 4.78 is 0. The molecule has 0 aliphatic carbocycles. The summed E-state index contributed by atoms with van der Waals surface area (Å²) in [5.74, 6) is 0.0142. The zero-order valence-corrected chi connectivity index (χ0v) is 9.48. The van der Waals surface area contributed by atoms with Crippen LogP contribution in [0.3, 0.4) is 0 Å². The van der Waals surface area contributed by atoms with Crippen LogP contribution < -0.4 is 5.32 Å². The molecule has 2 amide bonds. The first-order chi connectivity index (χ1) is 7.58. The van der Waals surface area contributed by atoms with Crippen molar-refractivity contribution < 1.29 is 14.7 Å². The van der Waals surface area contributed by atoms with Crippen molar-refractivity contribution in [3.05, 3.63) is 0 Å². The lowest BCUT2D eigenvalue weighted by atomic mass is 10.0. The summed E-state index contributed by atoms with van der Waals surface area (Å²) in [6.45, 7) is 3.56. The number of hydrogen-bond acceptors (Lipinski definition) is 3. The third-order valence-corrected chi connectivity index (χ3v) is 3.55. The molecule has 2 aliphatic heterocycles. The smallest absolute Gasteiger partial charge is 0.227 e. The minimum absolute atomic E-state index is 0.0374. The van der Waals surface area contributed by atoms with E-state index >= 15 is 0 Å². The molecule has 3 unspecified atom stereocenters. The second-order valence-electron chi connectivity index (χ2n) is 4.78. The lowest BCUT2D eigenvalue weighted by Crippen LogP contribution is -2.36. The van der Waals surface area contributed by atoms with E-state index in [9.17, 15) is 14.7 Å². The van der Waals surface area contributed by atoms with Crippen LogP contribution in [0.5, 0.6) is 0 Å². The van der Waals surface area contributed by atoms with Crippen LogP contribution in [0.15, 0.2) is 0 Å². The van der Waals surface area contributed by atoms with Gasteiger partial charge < -0.3 is 15.3 Å². The van der Waals surface area contributed by atoms with Gasteiger partial charge in [0.2, 0.25) is 11.8 Å². The second kappa shape index (κ2) is 4.41. The Kier molecular flexibility index (Phi) is 3.14. The summed E-state index contributed by atoms with van der Waals surface area (Å²) in [5.41, 5.74) is 0. The van der Waals surface area contributed by atoms with Crippen molar-refractivity contribution in [2.45, 2.75) is 25.9 Å². The predicted octanol–water partition coefficient (Wildman–Crippen LogP) is -0.648. The largest absolute Gasteiger partial charge is 0.393 e. The Morgan fingerprint density at radius 3 is 2.88 bits per heavy atom. The number of carbonyl (C=O) groups excluding carboxylic acids is 2. The summed E-state index contributed by atoms with van der Waals surface area (Å²) in [4.78, 5) is 24.8. The third-order valence-electron chi connectivity index (χ3n) is 3.55. The van der Waals surface area contributed by atoms with Gasteiger partial charge in [-0.2, -0.15) is 0 Å². The molecule has 0 bridgehead atoms. The number of hydrogen-bond donors (Lipinski definition) is 2. The Hall–Kier alpha value is -1.10. The van der Waals surface area contributed by atoms with Crippen molar-refractivity contribution >= 4 is 11.8 Å². The van der Waals surface area contributed by atoms with Gasteiger partial charge in [0.1, 0.15) is 0 Å². The maximum absolute atomic E-state index is 12.0. The number of likely N-dealkylation sites (tertiary alicyclic amines) is 1. The first-order valence-corrected chi connectivity index (χ1v) is 5.81. The molecule has 5 nitrogen and oxygen atoms in total. The van der Waals surface area contributed by atoms with Crippen molar-refractivity contribution in [2.75, 3.05) is 19.6 Å². The van der Waals surface area contributed by atoms with E-state index in [1.54, 1.807) is 11.8 Å². The Morgan fingerprint density at radius 1 is 1.62 bits per heavy atom. The first-order valence-electron chi connectivity index (χ1n) is 5.81. The van der Waals surface area contributed by atoms with Gasteiger partial charge in [-0.3, -0.25) is 9.59 Å². The Morgan fingerprint density at radius 2 is 2.38 bits per heavy atom. The van der Waals surface area contributed by atoms with Crippen LogP contribution in [0.2, 0.25) is 0 Å². The van der Waals surface area contributed by atoms with Crippen molar-refractivity contribution in [3.8, 4) is 0 Å². The standard InChI is InChI=1S/C11H18N2O3/c1-7(14)8-2-3-13(6-8)11(16)9-4-10(15)12-5-9/h7-9,14H,2-6H2,1H3,(H,12,15). The maximum atomic E-state index is 12.0. The van der Waals surface area contributed by atoms with Crippen molar-refractivity contribution in [2.24, 2.45) is 11.8 Å². The van der Waals surface area contributed by atoms with Gasteiger partial charge in [-0.05, 0) is 13.3 Å². The minimum Gasteiger partial charge on any atom is -0.393 e. The summed E-state index contributed by atoms with van der Waals surface area (Å²) in [5, 5.41) is 12.1. The Balaban J connectivity index is 1.89. The molecule has 2 rings (SSSR count). The molecule has 0 aromatic carbocycles. The highest BCUT2D eigenvalue weighted by Gasteiger charge is 2.35. The number of rotatable bonds is 2. The van der Waals surface area contributed by atoms with Crippen LogP contribution >= 0.6 is 0 Å². The SMILES string of the molecule is CC(O)C1CCN(C(=O)C2CNC(=O)C2)C1. The van der Waals surface area contributed by atoms with E-state index in [1.165, 1.54) is 0 Å². The van der Waals surface area contributed by atoms with E-state index in [2.05, 4.69) is 5.32 Å². The van der Waals surface area contributed by atoms with E-state index < -0.39 is 0 Å². The fourth-order valence-corrected chi connectivity index (χ4v) is 2.42.